The molecule has 0 bridgehead atoms. The lowest BCUT2D eigenvalue weighted by Gasteiger charge is -2.34. The summed E-state index contributed by atoms with van der Waals surface area (Å²) >= 11 is 1.48. The van der Waals surface area contributed by atoms with E-state index in [0.717, 1.165) is 48.3 Å². The lowest BCUT2D eigenvalue weighted by Crippen LogP contribution is -2.45. The van der Waals surface area contributed by atoms with Crippen LogP contribution in [0.5, 0.6) is 5.75 Å². The molecule has 0 saturated carbocycles. The highest BCUT2D eigenvalue weighted by Gasteiger charge is 2.21. The van der Waals surface area contributed by atoms with Crippen molar-refractivity contribution in [2.45, 2.75) is 13.5 Å². The topological polar surface area (TPSA) is 69.8 Å². The number of benzene rings is 2. The number of piperazine rings is 1. The number of aromatic nitrogens is 1. The van der Waals surface area contributed by atoms with E-state index < -0.39 is 5.63 Å². The fourth-order valence-corrected chi connectivity index (χ4v) is 4.98. The molecule has 2 aromatic carbocycles. The van der Waals surface area contributed by atoms with Crippen LogP contribution in [0.4, 0.5) is 0 Å². The van der Waals surface area contributed by atoms with E-state index in [4.69, 9.17) is 4.42 Å². The van der Waals surface area contributed by atoms with Crippen molar-refractivity contribution in [2.75, 3.05) is 32.7 Å². The summed E-state index contributed by atoms with van der Waals surface area (Å²) in [5, 5.41) is 11.9. The molecule has 2 aromatic heterocycles. The molecule has 0 radical (unpaired) electrons. The molecule has 0 amide bonds. The predicted molar refractivity (Wildman–Crippen MR) is 120 cm³/mol. The Hall–Kier alpha value is -2.74. The van der Waals surface area contributed by atoms with Gasteiger partial charge >= 0.3 is 5.63 Å². The standard InChI is InChI=1S/C23H23N3O3S/c1-2-25-9-11-26(12-10-25)14-17-19(27)8-7-15-13-16(23(28)29-21(15)17)22-24-18-5-3-4-6-20(18)30-22/h3-8,13,27H,2,9-12,14H2,1H3. The van der Waals surface area contributed by atoms with Gasteiger partial charge < -0.3 is 14.4 Å². The second-order valence-corrected chi connectivity index (χ2v) is 8.66. The number of phenols is 1. The molecule has 0 aliphatic carbocycles. The first kappa shape index (κ1) is 19.2. The molecule has 1 saturated heterocycles. The minimum atomic E-state index is -0.427. The number of nitrogens with zero attached hydrogens (tertiary/aromatic N) is 3. The summed E-state index contributed by atoms with van der Waals surface area (Å²) in [5.41, 5.74) is 2.03. The van der Waals surface area contributed by atoms with Crippen molar-refractivity contribution in [1.29, 1.82) is 0 Å². The number of fused-ring (bicyclic) bond motifs is 2. The quantitative estimate of drug-likeness (QED) is 0.504. The molecule has 154 valence electrons. The number of hydrogen-bond acceptors (Lipinski definition) is 7. The molecular formula is C23H23N3O3S. The van der Waals surface area contributed by atoms with Crippen LogP contribution in [0.25, 0.3) is 31.8 Å². The highest BCUT2D eigenvalue weighted by molar-refractivity contribution is 7.21. The van der Waals surface area contributed by atoms with Gasteiger partial charge in [-0.15, -0.1) is 11.3 Å². The number of thiazole rings is 1. The molecule has 4 aromatic rings. The molecule has 5 rings (SSSR count). The molecule has 1 fully saturated rings. The minimum absolute atomic E-state index is 0.163. The summed E-state index contributed by atoms with van der Waals surface area (Å²) in [6.45, 7) is 7.65. The van der Waals surface area contributed by atoms with Gasteiger partial charge in [0.2, 0.25) is 0 Å². The molecule has 0 spiro atoms. The molecule has 0 unspecified atom stereocenters. The Kier molecular flexibility index (Phi) is 5.02. The Labute approximate surface area is 178 Å². The molecule has 1 N–H and O–H groups in total. The van der Waals surface area contributed by atoms with Crippen LogP contribution in [0.15, 0.2) is 51.7 Å². The Morgan fingerprint density at radius 2 is 1.87 bits per heavy atom. The van der Waals surface area contributed by atoms with Gasteiger partial charge in [0.15, 0.2) is 0 Å². The molecular weight excluding hydrogens is 398 g/mol. The van der Waals surface area contributed by atoms with Crippen LogP contribution in [0.1, 0.15) is 12.5 Å². The Morgan fingerprint density at radius 1 is 1.10 bits per heavy atom. The second-order valence-electron chi connectivity index (χ2n) is 7.63. The highest BCUT2D eigenvalue weighted by Crippen LogP contribution is 2.33. The highest BCUT2D eigenvalue weighted by atomic mass is 32.1. The zero-order valence-electron chi connectivity index (χ0n) is 16.8. The van der Waals surface area contributed by atoms with Crippen LogP contribution in [-0.2, 0) is 6.54 Å². The van der Waals surface area contributed by atoms with Crippen molar-refractivity contribution in [1.82, 2.24) is 14.8 Å². The summed E-state index contributed by atoms with van der Waals surface area (Å²) in [4.78, 5) is 22.1. The van der Waals surface area contributed by atoms with E-state index in [2.05, 4.69) is 21.7 Å². The molecule has 30 heavy (non-hydrogen) atoms. The summed E-state index contributed by atoms with van der Waals surface area (Å²) in [5.74, 6) is 0.163. The predicted octanol–water partition coefficient (Wildman–Crippen LogP) is 3.91. The first-order valence-corrected chi connectivity index (χ1v) is 11.0. The van der Waals surface area contributed by atoms with E-state index in [9.17, 15) is 9.90 Å². The molecule has 0 atom stereocenters. The zero-order chi connectivity index (χ0) is 20.7. The smallest absolute Gasteiger partial charge is 0.346 e. The van der Waals surface area contributed by atoms with Gasteiger partial charge in [-0.2, -0.15) is 0 Å². The number of para-hydroxylation sites is 1. The van der Waals surface area contributed by atoms with Crippen LogP contribution in [0, 0.1) is 0 Å². The maximum atomic E-state index is 12.8. The monoisotopic (exact) mass is 421 g/mol. The SMILES string of the molecule is CCN1CCN(Cc2c(O)ccc3cc(-c4nc5ccccc5s4)c(=O)oc23)CC1. The van der Waals surface area contributed by atoms with Gasteiger partial charge in [-0.05, 0) is 36.9 Å². The van der Waals surface area contributed by atoms with Crippen molar-refractivity contribution < 1.29 is 9.52 Å². The fraction of sp³-hybridized carbons (Fsp3) is 0.304. The number of rotatable bonds is 4. The lowest BCUT2D eigenvalue weighted by atomic mass is 10.1. The second kappa shape index (κ2) is 7.83. The first-order chi connectivity index (χ1) is 14.6. The summed E-state index contributed by atoms with van der Waals surface area (Å²) in [6, 6.07) is 13.1. The first-order valence-electron chi connectivity index (χ1n) is 10.2. The number of phenolic OH excluding ortho intramolecular Hbond substituents is 1. The largest absolute Gasteiger partial charge is 0.507 e. The van der Waals surface area contributed by atoms with Crippen LogP contribution < -0.4 is 5.63 Å². The van der Waals surface area contributed by atoms with Gasteiger partial charge in [-0.3, -0.25) is 4.90 Å². The maximum Gasteiger partial charge on any atom is 0.346 e. The van der Waals surface area contributed by atoms with Crippen LogP contribution in [0.3, 0.4) is 0 Å². The normalized spacial score (nSPS) is 15.9. The van der Waals surface area contributed by atoms with Gasteiger partial charge in [0, 0.05) is 38.1 Å². The third-order valence-electron chi connectivity index (χ3n) is 5.80. The molecule has 1 aliphatic heterocycles. The van der Waals surface area contributed by atoms with Crippen molar-refractivity contribution in [2.24, 2.45) is 0 Å². The molecule has 6 nitrogen and oxygen atoms in total. The van der Waals surface area contributed by atoms with E-state index in [1.54, 1.807) is 12.1 Å². The minimum Gasteiger partial charge on any atom is -0.507 e. The Bertz CT molecular complexity index is 1240. The van der Waals surface area contributed by atoms with Crippen LogP contribution >= 0.6 is 11.3 Å². The third kappa shape index (κ3) is 3.49. The van der Waals surface area contributed by atoms with Gasteiger partial charge in [0.25, 0.3) is 0 Å². The van der Waals surface area contributed by atoms with E-state index in [1.165, 1.54) is 11.3 Å². The molecule has 1 aliphatic rings. The molecule has 7 heteroatoms. The molecule has 3 heterocycles. The van der Waals surface area contributed by atoms with Gasteiger partial charge in [0.1, 0.15) is 16.3 Å². The average Bonchev–Trinajstić information content (AvgIpc) is 3.20. The summed E-state index contributed by atoms with van der Waals surface area (Å²) < 4.78 is 6.79. The van der Waals surface area contributed by atoms with Crippen molar-refractivity contribution >= 4 is 32.5 Å². The Balaban J connectivity index is 1.53. The van der Waals surface area contributed by atoms with Gasteiger partial charge in [-0.25, -0.2) is 9.78 Å². The zero-order valence-corrected chi connectivity index (χ0v) is 17.6. The van der Waals surface area contributed by atoms with Crippen LogP contribution in [-0.4, -0.2) is 52.6 Å². The van der Waals surface area contributed by atoms with E-state index in [1.807, 2.05) is 30.3 Å². The number of hydrogen-bond donors (Lipinski definition) is 1. The van der Waals surface area contributed by atoms with E-state index in [0.29, 0.717) is 28.3 Å². The lowest BCUT2D eigenvalue weighted by molar-refractivity contribution is 0.131. The maximum absolute atomic E-state index is 12.8. The number of aromatic hydroxyl groups is 1. The van der Waals surface area contributed by atoms with Crippen molar-refractivity contribution in [3.8, 4) is 16.3 Å². The Morgan fingerprint density at radius 3 is 2.63 bits per heavy atom. The summed E-state index contributed by atoms with van der Waals surface area (Å²) in [7, 11) is 0. The van der Waals surface area contributed by atoms with Gasteiger partial charge in [-0.1, -0.05) is 19.1 Å². The van der Waals surface area contributed by atoms with Crippen molar-refractivity contribution in [3.63, 3.8) is 0 Å². The summed E-state index contributed by atoms with van der Waals surface area (Å²) in [6.07, 6.45) is 0. The van der Waals surface area contributed by atoms with E-state index >= 15 is 0 Å². The average molecular weight is 422 g/mol. The van der Waals surface area contributed by atoms with E-state index in [-0.39, 0.29) is 5.75 Å². The van der Waals surface area contributed by atoms with Crippen molar-refractivity contribution in [3.05, 3.63) is 58.4 Å². The fourth-order valence-electron chi connectivity index (χ4n) is 4.01. The van der Waals surface area contributed by atoms with Crippen LogP contribution in [0.2, 0.25) is 0 Å². The third-order valence-corrected chi connectivity index (χ3v) is 6.87. The number of likely N-dealkylation sites (N-methyl/N-ethyl adjacent to an activating group) is 1. The van der Waals surface area contributed by atoms with Gasteiger partial charge in [0.05, 0.1) is 21.3 Å².